The van der Waals surface area contributed by atoms with E-state index in [4.69, 9.17) is 10.00 Å². The minimum atomic E-state index is -0.111. The Kier molecular flexibility index (Phi) is 4.42. The van der Waals surface area contributed by atoms with Gasteiger partial charge in [-0.15, -0.1) is 0 Å². The lowest BCUT2D eigenvalue weighted by atomic mass is 10.0. The highest BCUT2D eigenvalue weighted by Gasteiger charge is 2.38. The molecule has 1 aromatic heterocycles. The summed E-state index contributed by atoms with van der Waals surface area (Å²) in [6.45, 7) is 6.93. The molecule has 0 saturated carbocycles. The summed E-state index contributed by atoms with van der Waals surface area (Å²) in [5.74, 6) is 0.400. The third-order valence-electron chi connectivity index (χ3n) is 4.89. The van der Waals surface area contributed by atoms with Crippen LogP contribution in [0.25, 0.3) is 0 Å². The molecule has 0 radical (unpaired) electrons. The lowest BCUT2D eigenvalue weighted by molar-refractivity contribution is -0.0683. The molecule has 0 unspecified atom stereocenters. The average Bonchev–Trinajstić information content (AvgIpc) is 3.08. The molecule has 2 fully saturated rings. The van der Waals surface area contributed by atoms with Crippen molar-refractivity contribution in [1.82, 2.24) is 14.8 Å². The number of nitrogens with zero attached hydrogens (tertiary/aromatic N) is 3. The van der Waals surface area contributed by atoms with E-state index in [0.717, 1.165) is 26.1 Å². The predicted octanol–water partition coefficient (Wildman–Crippen LogP) is 1.12. The maximum absolute atomic E-state index is 12.4. The second kappa shape index (κ2) is 6.34. The van der Waals surface area contributed by atoms with Crippen molar-refractivity contribution in [3.63, 3.8) is 0 Å². The first-order chi connectivity index (χ1) is 11.0. The number of aryl methyl sites for hydroxylation is 1. The van der Waals surface area contributed by atoms with Gasteiger partial charge in [0.05, 0.1) is 18.3 Å². The van der Waals surface area contributed by atoms with Crippen molar-refractivity contribution < 1.29 is 9.53 Å². The molecule has 6 heteroatoms. The van der Waals surface area contributed by atoms with Gasteiger partial charge in [-0.1, -0.05) is 13.8 Å². The van der Waals surface area contributed by atoms with Crippen molar-refractivity contribution in [3.8, 4) is 6.07 Å². The number of morpholine rings is 1. The maximum atomic E-state index is 12.4. The number of fused-ring (bicyclic) bond motifs is 1. The van der Waals surface area contributed by atoms with Crippen LogP contribution in [0.4, 0.5) is 0 Å². The van der Waals surface area contributed by atoms with Crippen LogP contribution in [0.1, 0.15) is 36.3 Å². The Hall–Kier alpha value is -1.84. The van der Waals surface area contributed by atoms with Gasteiger partial charge in [0.15, 0.2) is 0 Å². The topological polar surface area (TPSA) is 70.3 Å². The molecule has 1 amide bonds. The van der Waals surface area contributed by atoms with Crippen LogP contribution in [0.15, 0.2) is 12.3 Å². The van der Waals surface area contributed by atoms with Crippen LogP contribution in [0.3, 0.4) is 0 Å². The summed E-state index contributed by atoms with van der Waals surface area (Å²) in [7, 11) is 1.79. The smallest absolute Gasteiger partial charge is 0.268 e. The number of amides is 1. The monoisotopic (exact) mass is 316 g/mol. The van der Waals surface area contributed by atoms with E-state index in [-0.39, 0.29) is 18.1 Å². The number of rotatable bonds is 3. The molecule has 1 aromatic rings. The van der Waals surface area contributed by atoms with E-state index in [0.29, 0.717) is 23.2 Å². The average molecular weight is 316 g/mol. The van der Waals surface area contributed by atoms with E-state index in [2.05, 4.69) is 30.1 Å². The van der Waals surface area contributed by atoms with Gasteiger partial charge in [0.1, 0.15) is 11.8 Å². The van der Waals surface area contributed by atoms with Gasteiger partial charge in [-0.25, -0.2) is 0 Å². The fourth-order valence-corrected chi connectivity index (χ4v) is 3.52. The third-order valence-corrected chi connectivity index (χ3v) is 4.89. The Morgan fingerprint density at radius 2 is 2.26 bits per heavy atom. The van der Waals surface area contributed by atoms with E-state index in [1.165, 1.54) is 0 Å². The molecule has 3 heterocycles. The Balaban J connectivity index is 1.61. The molecule has 0 bridgehead atoms. The molecule has 0 aromatic carbocycles. The Morgan fingerprint density at radius 3 is 2.91 bits per heavy atom. The Morgan fingerprint density at radius 1 is 1.48 bits per heavy atom. The molecular weight excluding hydrogens is 292 g/mol. The van der Waals surface area contributed by atoms with Crippen LogP contribution >= 0.6 is 0 Å². The summed E-state index contributed by atoms with van der Waals surface area (Å²) in [6, 6.07) is 4.24. The molecule has 2 aliphatic heterocycles. The second-order valence-electron chi connectivity index (χ2n) is 6.97. The summed E-state index contributed by atoms with van der Waals surface area (Å²) in [5, 5.41) is 12.0. The number of nitriles is 1. The minimum absolute atomic E-state index is 0.111. The molecular formula is C17H24N4O2. The van der Waals surface area contributed by atoms with Crippen molar-refractivity contribution in [3.05, 3.63) is 23.5 Å². The van der Waals surface area contributed by atoms with Crippen molar-refractivity contribution in [2.45, 2.75) is 38.5 Å². The first-order valence-electron chi connectivity index (χ1n) is 8.21. The van der Waals surface area contributed by atoms with Gasteiger partial charge in [-0.3, -0.25) is 9.69 Å². The molecule has 1 N–H and O–H groups in total. The summed E-state index contributed by atoms with van der Waals surface area (Å²) in [5.41, 5.74) is 1.04. The van der Waals surface area contributed by atoms with Gasteiger partial charge in [0.2, 0.25) is 0 Å². The van der Waals surface area contributed by atoms with Crippen LogP contribution in [0, 0.1) is 17.2 Å². The van der Waals surface area contributed by atoms with Crippen LogP contribution in [-0.2, 0) is 11.8 Å². The number of aromatic nitrogens is 1. The highest BCUT2D eigenvalue weighted by molar-refractivity contribution is 5.93. The van der Waals surface area contributed by atoms with Crippen LogP contribution in [0.5, 0.6) is 0 Å². The molecule has 6 nitrogen and oxygen atoms in total. The normalized spacial score (nSPS) is 27.7. The lowest BCUT2D eigenvalue weighted by Crippen LogP contribution is -2.48. The number of nitrogens with one attached hydrogen (secondary N) is 1. The largest absolute Gasteiger partial charge is 0.375 e. The molecule has 124 valence electrons. The van der Waals surface area contributed by atoms with E-state index in [9.17, 15) is 4.79 Å². The van der Waals surface area contributed by atoms with E-state index < -0.39 is 0 Å². The molecule has 2 aliphatic rings. The van der Waals surface area contributed by atoms with E-state index in [1.807, 2.05) is 0 Å². The van der Waals surface area contributed by atoms with Crippen molar-refractivity contribution in [1.29, 1.82) is 5.26 Å². The summed E-state index contributed by atoms with van der Waals surface area (Å²) in [4.78, 5) is 14.9. The zero-order valence-corrected chi connectivity index (χ0v) is 14.0. The molecule has 3 rings (SSSR count). The second-order valence-corrected chi connectivity index (χ2v) is 6.97. The molecule has 3 atom stereocenters. The zero-order valence-electron chi connectivity index (χ0n) is 14.0. The number of carbonyl (C=O) groups excluding carboxylic acids is 1. The number of hydrogen-bond donors (Lipinski definition) is 1. The van der Waals surface area contributed by atoms with Gasteiger partial charge in [0.25, 0.3) is 5.91 Å². The molecule has 0 spiro atoms. The highest BCUT2D eigenvalue weighted by Crippen LogP contribution is 2.26. The predicted molar refractivity (Wildman–Crippen MR) is 85.9 cm³/mol. The van der Waals surface area contributed by atoms with Crippen molar-refractivity contribution >= 4 is 5.91 Å². The van der Waals surface area contributed by atoms with Gasteiger partial charge >= 0.3 is 0 Å². The highest BCUT2D eigenvalue weighted by atomic mass is 16.5. The first-order valence-corrected chi connectivity index (χ1v) is 8.21. The summed E-state index contributed by atoms with van der Waals surface area (Å²) < 4.78 is 7.64. The Labute approximate surface area is 137 Å². The van der Waals surface area contributed by atoms with E-state index >= 15 is 0 Å². The van der Waals surface area contributed by atoms with Crippen LogP contribution < -0.4 is 5.32 Å². The number of carbonyl (C=O) groups is 1. The van der Waals surface area contributed by atoms with Gasteiger partial charge in [-0.05, 0) is 18.4 Å². The van der Waals surface area contributed by atoms with Gasteiger partial charge < -0.3 is 14.6 Å². The summed E-state index contributed by atoms with van der Waals surface area (Å²) >= 11 is 0. The quantitative estimate of drug-likeness (QED) is 0.907. The molecule has 2 saturated heterocycles. The van der Waals surface area contributed by atoms with E-state index in [1.54, 1.807) is 23.9 Å². The number of hydrogen-bond acceptors (Lipinski definition) is 4. The lowest BCUT2D eigenvalue weighted by Gasteiger charge is -2.36. The van der Waals surface area contributed by atoms with Gasteiger partial charge in [0, 0.05) is 38.4 Å². The maximum Gasteiger partial charge on any atom is 0.268 e. The summed E-state index contributed by atoms with van der Waals surface area (Å²) in [6.07, 6.45) is 2.88. The third kappa shape index (κ3) is 3.26. The van der Waals surface area contributed by atoms with Crippen molar-refractivity contribution in [2.75, 3.05) is 19.7 Å². The van der Waals surface area contributed by atoms with Gasteiger partial charge in [-0.2, -0.15) is 5.26 Å². The van der Waals surface area contributed by atoms with Crippen LogP contribution in [0.2, 0.25) is 0 Å². The SMILES string of the molecule is CC(C)[C@@H]1CN2C[C@H](NC(=O)c3cc(C#N)cn3C)C[C@H]2CO1. The van der Waals surface area contributed by atoms with Crippen LogP contribution in [-0.4, -0.2) is 53.3 Å². The Bertz CT molecular complexity index is 631. The number of ether oxygens (including phenoxy) is 1. The molecule has 23 heavy (non-hydrogen) atoms. The van der Waals surface area contributed by atoms with Crippen molar-refractivity contribution in [2.24, 2.45) is 13.0 Å². The molecule has 0 aliphatic carbocycles. The first kappa shape index (κ1) is 16.0. The fourth-order valence-electron chi connectivity index (χ4n) is 3.52. The standard InChI is InChI=1S/C17H24N4O2/c1-11(2)16-9-21-8-13(5-14(21)10-23-16)19-17(22)15-4-12(6-18)7-20(15)3/h4,7,11,13-14,16H,5,8-10H2,1-3H3,(H,19,22)/t13-,14+,16+/m1/s1. The fraction of sp³-hybridized carbons (Fsp3) is 0.647. The minimum Gasteiger partial charge on any atom is -0.375 e. The zero-order chi connectivity index (χ0) is 16.6.